The molecule has 2 heteroatoms. The van der Waals surface area contributed by atoms with Crippen molar-refractivity contribution in [2.24, 2.45) is 5.84 Å². The van der Waals surface area contributed by atoms with Crippen LogP contribution in [0.4, 0.5) is 0 Å². The minimum absolute atomic E-state index is 0.203. The molecule has 0 aliphatic rings. The van der Waals surface area contributed by atoms with Gasteiger partial charge in [0.25, 0.3) is 0 Å². The van der Waals surface area contributed by atoms with Gasteiger partial charge in [-0.2, -0.15) is 0 Å². The van der Waals surface area contributed by atoms with Gasteiger partial charge in [-0.1, -0.05) is 42.5 Å². The Bertz CT molecular complexity index is 575. The van der Waals surface area contributed by atoms with E-state index in [0.717, 1.165) is 12.8 Å². The van der Waals surface area contributed by atoms with E-state index in [1.165, 1.54) is 27.8 Å². The van der Waals surface area contributed by atoms with Gasteiger partial charge < -0.3 is 0 Å². The van der Waals surface area contributed by atoms with Gasteiger partial charge >= 0.3 is 0 Å². The Balaban J connectivity index is 2.14. The fourth-order valence-corrected chi connectivity index (χ4v) is 2.67. The quantitative estimate of drug-likeness (QED) is 0.640. The van der Waals surface area contributed by atoms with Gasteiger partial charge in [-0.25, -0.2) is 0 Å². The highest BCUT2D eigenvalue weighted by Gasteiger charge is 2.13. The summed E-state index contributed by atoms with van der Waals surface area (Å²) in [4.78, 5) is 0. The van der Waals surface area contributed by atoms with Gasteiger partial charge in [0.05, 0.1) is 0 Å². The molecule has 0 saturated carbocycles. The summed E-state index contributed by atoms with van der Waals surface area (Å²) in [5.74, 6) is 5.78. The Labute approximate surface area is 122 Å². The van der Waals surface area contributed by atoms with Crippen LogP contribution in [0.2, 0.25) is 0 Å². The molecule has 0 bridgehead atoms. The monoisotopic (exact) mass is 268 g/mol. The Morgan fingerprint density at radius 3 is 2.35 bits per heavy atom. The van der Waals surface area contributed by atoms with Crippen LogP contribution in [0, 0.1) is 20.8 Å². The zero-order chi connectivity index (χ0) is 14.5. The number of hydrogen-bond acceptors (Lipinski definition) is 2. The van der Waals surface area contributed by atoms with E-state index >= 15 is 0 Å². The lowest BCUT2D eigenvalue weighted by Crippen LogP contribution is -2.29. The van der Waals surface area contributed by atoms with Gasteiger partial charge in [-0.05, 0) is 61.4 Å². The highest BCUT2D eigenvalue weighted by Crippen LogP contribution is 2.24. The molecule has 0 fully saturated rings. The van der Waals surface area contributed by atoms with Gasteiger partial charge in [0.2, 0.25) is 0 Å². The van der Waals surface area contributed by atoms with Crippen molar-refractivity contribution in [1.29, 1.82) is 0 Å². The highest BCUT2D eigenvalue weighted by atomic mass is 15.2. The number of nitrogens with one attached hydrogen (secondary N) is 1. The van der Waals surface area contributed by atoms with Crippen molar-refractivity contribution in [2.75, 3.05) is 0 Å². The van der Waals surface area contributed by atoms with E-state index in [4.69, 9.17) is 5.84 Å². The van der Waals surface area contributed by atoms with E-state index in [-0.39, 0.29) is 6.04 Å². The maximum Gasteiger partial charge on any atom is 0.0465 e. The molecular formula is C18H24N2. The molecule has 3 N–H and O–H groups in total. The van der Waals surface area contributed by atoms with Crippen molar-refractivity contribution in [3.8, 4) is 0 Å². The molecule has 2 aromatic carbocycles. The summed E-state index contributed by atoms with van der Waals surface area (Å²) in [6.45, 7) is 6.48. The van der Waals surface area contributed by atoms with Crippen molar-refractivity contribution in [1.82, 2.24) is 5.43 Å². The highest BCUT2D eigenvalue weighted by molar-refractivity contribution is 5.35. The number of hydrazine groups is 1. The minimum atomic E-state index is 0.203. The fourth-order valence-electron chi connectivity index (χ4n) is 2.67. The number of hydrogen-bond donors (Lipinski definition) is 2. The molecule has 0 saturated heterocycles. The van der Waals surface area contributed by atoms with Crippen LogP contribution in [0.15, 0.2) is 42.5 Å². The Hall–Kier alpha value is -1.64. The van der Waals surface area contributed by atoms with Crippen LogP contribution in [0.1, 0.15) is 40.3 Å². The number of aryl methyl sites for hydroxylation is 3. The van der Waals surface area contributed by atoms with Crippen LogP contribution in [-0.4, -0.2) is 0 Å². The lowest BCUT2D eigenvalue weighted by molar-refractivity contribution is 0.513. The predicted octanol–water partition coefficient (Wildman–Crippen LogP) is 3.75. The topological polar surface area (TPSA) is 38.0 Å². The SMILES string of the molecule is Cc1ccccc1CCC(NN)c1cccc(C)c1C. The van der Waals surface area contributed by atoms with Crippen LogP contribution < -0.4 is 11.3 Å². The molecule has 0 aliphatic carbocycles. The summed E-state index contributed by atoms with van der Waals surface area (Å²) in [5.41, 5.74) is 9.69. The molecule has 0 aliphatic heterocycles. The van der Waals surface area contributed by atoms with Gasteiger partial charge in [0.1, 0.15) is 0 Å². The van der Waals surface area contributed by atoms with E-state index in [1.807, 2.05) is 0 Å². The van der Waals surface area contributed by atoms with Crippen molar-refractivity contribution in [2.45, 2.75) is 39.7 Å². The third kappa shape index (κ3) is 3.27. The second-order valence-electron chi connectivity index (χ2n) is 5.47. The van der Waals surface area contributed by atoms with Crippen molar-refractivity contribution >= 4 is 0 Å². The Kier molecular flexibility index (Phi) is 4.94. The number of benzene rings is 2. The predicted molar refractivity (Wildman–Crippen MR) is 85.5 cm³/mol. The molecule has 0 amide bonds. The first-order valence-corrected chi connectivity index (χ1v) is 7.20. The third-order valence-corrected chi connectivity index (χ3v) is 4.19. The molecule has 2 aromatic rings. The van der Waals surface area contributed by atoms with E-state index in [2.05, 4.69) is 68.7 Å². The third-order valence-electron chi connectivity index (χ3n) is 4.19. The van der Waals surface area contributed by atoms with Crippen LogP contribution in [0.3, 0.4) is 0 Å². The zero-order valence-corrected chi connectivity index (χ0v) is 12.6. The van der Waals surface area contributed by atoms with Crippen LogP contribution >= 0.6 is 0 Å². The molecule has 0 spiro atoms. The lowest BCUT2D eigenvalue weighted by Gasteiger charge is -2.20. The molecule has 1 atom stereocenters. The fraction of sp³-hybridized carbons (Fsp3) is 0.333. The molecule has 1 unspecified atom stereocenters. The van der Waals surface area contributed by atoms with Crippen LogP contribution in [0.5, 0.6) is 0 Å². The normalized spacial score (nSPS) is 12.4. The van der Waals surface area contributed by atoms with E-state index in [1.54, 1.807) is 0 Å². The van der Waals surface area contributed by atoms with Crippen LogP contribution in [-0.2, 0) is 6.42 Å². The summed E-state index contributed by atoms with van der Waals surface area (Å²) >= 11 is 0. The van der Waals surface area contributed by atoms with E-state index in [0.29, 0.717) is 0 Å². The number of nitrogens with two attached hydrogens (primary N) is 1. The second kappa shape index (κ2) is 6.69. The second-order valence-corrected chi connectivity index (χ2v) is 5.47. The summed E-state index contributed by atoms with van der Waals surface area (Å²) in [5, 5.41) is 0. The lowest BCUT2D eigenvalue weighted by atomic mass is 9.93. The molecule has 0 aromatic heterocycles. The Morgan fingerprint density at radius 1 is 0.950 bits per heavy atom. The molecular weight excluding hydrogens is 244 g/mol. The maximum absolute atomic E-state index is 5.78. The average Bonchev–Trinajstić information content (AvgIpc) is 2.45. The maximum atomic E-state index is 5.78. The standard InChI is InChI=1S/C18H24N2/c1-13-8-6-10-17(15(13)3)18(20-19)12-11-16-9-5-4-7-14(16)2/h4-10,18,20H,11-12,19H2,1-3H3. The summed E-state index contributed by atoms with van der Waals surface area (Å²) < 4.78 is 0. The summed E-state index contributed by atoms with van der Waals surface area (Å²) in [6.07, 6.45) is 2.04. The van der Waals surface area contributed by atoms with Crippen molar-refractivity contribution < 1.29 is 0 Å². The molecule has 20 heavy (non-hydrogen) atoms. The van der Waals surface area contributed by atoms with Crippen molar-refractivity contribution in [3.63, 3.8) is 0 Å². The van der Waals surface area contributed by atoms with E-state index in [9.17, 15) is 0 Å². The molecule has 106 valence electrons. The molecule has 2 rings (SSSR count). The van der Waals surface area contributed by atoms with E-state index < -0.39 is 0 Å². The van der Waals surface area contributed by atoms with Gasteiger partial charge in [0.15, 0.2) is 0 Å². The van der Waals surface area contributed by atoms with Gasteiger partial charge in [-0.3, -0.25) is 11.3 Å². The first kappa shape index (κ1) is 14.8. The summed E-state index contributed by atoms with van der Waals surface area (Å²) in [6, 6.07) is 15.2. The average molecular weight is 268 g/mol. The molecule has 0 heterocycles. The minimum Gasteiger partial charge on any atom is -0.271 e. The van der Waals surface area contributed by atoms with Gasteiger partial charge in [0, 0.05) is 6.04 Å². The first-order chi connectivity index (χ1) is 9.63. The summed E-state index contributed by atoms with van der Waals surface area (Å²) in [7, 11) is 0. The first-order valence-electron chi connectivity index (χ1n) is 7.20. The van der Waals surface area contributed by atoms with Crippen molar-refractivity contribution in [3.05, 3.63) is 70.3 Å². The Morgan fingerprint density at radius 2 is 1.65 bits per heavy atom. The molecule has 2 nitrogen and oxygen atoms in total. The molecule has 0 radical (unpaired) electrons. The van der Waals surface area contributed by atoms with Crippen LogP contribution in [0.25, 0.3) is 0 Å². The largest absolute Gasteiger partial charge is 0.271 e. The van der Waals surface area contributed by atoms with Gasteiger partial charge in [-0.15, -0.1) is 0 Å². The number of rotatable bonds is 5. The zero-order valence-electron chi connectivity index (χ0n) is 12.6. The smallest absolute Gasteiger partial charge is 0.0465 e.